The van der Waals surface area contributed by atoms with Crippen molar-refractivity contribution in [3.63, 3.8) is 0 Å². The van der Waals surface area contributed by atoms with Gasteiger partial charge in [0.25, 0.3) is 0 Å². The van der Waals surface area contributed by atoms with Gasteiger partial charge in [-0.25, -0.2) is 14.8 Å². The van der Waals surface area contributed by atoms with Crippen molar-refractivity contribution in [2.45, 2.75) is 16.1 Å². The fourth-order valence-corrected chi connectivity index (χ4v) is 3.46. The van der Waals surface area contributed by atoms with Crippen LogP contribution in [0, 0.1) is 0 Å². The van der Waals surface area contributed by atoms with Gasteiger partial charge in [0, 0.05) is 16.3 Å². The molecule has 0 fully saturated rings. The highest BCUT2D eigenvalue weighted by atomic mass is 32.2. The molecule has 4 rings (SSSR count). The summed E-state index contributed by atoms with van der Waals surface area (Å²) in [7, 11) is 0. The van der Waals surface area contributed by atoms with Crippen molar-refractivity contribution in [2.24, 2.45) is 0 Å². The molecule has 0 aliphatic carbocycles. The topological polar surface area (TPSA) is 95.6 Å². The van der Waals surface area contributed by atoms with Crippen LogP contribution in [-0.4, -0.2) is 26.2 Å². The van der Waals surface area contributed by atoms with E-state index in [1.165, 1.54) is 30.2 Å². The van der Waals surface area contributed by atoms with E-state index in [-0.39, 0.29) is 5.69 Å². The molecule has 152 valence electrons. The molecule has 4 aromatic rings. The van der Waals surface area contributed by atoms with Gasteiger partial charge in [-0.3, -0.25) is 5.10 Å². The number of carbonyl (C=O) groups excluding carboxylic acids is 1. The summed E-state index contributed by atoms with van der Waals surface area (Å²) in [6.45, 7) is 0. The quantitative estimate of drug-likeness (QED) is 0.389. The van der Waals surface area contributed by atoms with Gasteiger partial charge in [-0.15, -0.1) is 0 Å². The predicted molar refractivity (Wildman–Crippen MR) is 106 cm³/mol. The third kappa shape index (κ3) is 4.51. The molecule has 2 amide bonds. The zero-order valence-corrected chi connectivity index (χ0v) is 15.9. The highest BCUT2D eigenvalue weighted by Gasteiger charge is 2.30. The lowest BCUT2D eigenvalue weighted by Crippen LogP contribution is -2.19. The van der Waals surface area contributed by atoms with E-state index in [2.05, 4.69) is 30.8 Å². The lowest BCUT2D eigenvalue weighted by Gasteiger charge is -2.11. The van der Waals surface area contributed by atoms with Crippen LogP contribution in [0.1, 0.15) is 5.56 Å². The summed E-state index contributed by atoms with van der Waals surface area (Å²) in [4.78, 5) is 21.3. The molecule has 2 aromatic carbocycles. The summed E-state index contributed by atoms with van der Waals surface area (Å²) in [5.74, 6) is 0. The number of amides is 2. The number of anilines is 2. The van der Waals surface area contributed by atoms with Crippen LogP contribution in [-0.2, 0) is 6.18 Å². The third-order valence-electron chi connectivity index (χ3n) is 3.99. The summed E-state index contributed by atoms with van der Waals surface area (Å²) in [6.07, 6.45) is -1.39. The van der Waals surface area contributed by atoms with E-state index in [0.29, 0.717) is 11.3 Å². The lowest BCUT2D eigenvalue weighted by atomic mass is 10.2. The van der Waals surface area contributed by atoms with Crippen molar-refractivity contribution in [1.29, 1.82) is 0 Å². The Morgan fingerprint density at radius 2 is 1.77 bits per heavy atom. The van der Waals surface area contributed by atoms with E-state index in [0.717, 1.165) is 27.4 Å². The van der Waals surface area contributed by atoms with Crippen molar-refractivity contribution in [1.82, 2.24) is 20.2 Å². The zero-order chi connectivity index (χ0) is 21.1. The summed E-state index contributed by atoms with van der Waals surface area (Å²) in [5.41, 5.74) is 0.331. The summed E-state index contributed by atoms with van der Waals surface area (Å²) in [5, 5.41) is 13.2. The minimum absolute atomic E-state index is 0.0439. The van der Waals surface area contributed by atoms with E-state index in [1.807, 2.05) is 0 Å². The van der Waals surface area contributed by atoms with Gasteiger partial charge < -0.3 is 10.6 Å². The number of halogens is 3. The van der Waals surface area contributed by atoms with E-state index in [1.54, 1.807) is 30.5 Å². The van der Waals surface area contributed by atoms with Gasteiger partial charge in [0.1, 0.15) is 11.4 Å². The van der Waals surface area contributed by atoms with Crippen LogP contribution in [0.5, 0.6) is 0 Å². The summed E-state index contributed by atoms with van der Waals surface area (Å²) < 4.78 is 38.3. The first kappa shape index (κ1) is 19.7. The molecule has 0 aliphatic heterocycles. The second kappa shape index (κ2) is 8.03. The second-order valence-corrected chi connectivity index (χ2v) is 7.16. The number of hydrogen-bond acceptors (Lipinski definition) is 5. The molecule has 2 aromatic heterocycles. The Morgan fingerprint density at radius 3 is 2.53 bits per heavy atom. The maximum Gasteiger partial charge on any atom is 0.416 e. The molecule has 0 spiro atoms. The molecule has 0 aliphatic rings. The molecular formula is C19H13F3N6OS. The van der Waals surface area contributed by atoms with Gasteiger partial charge >= 0.3 is 12.2 Å². The largest absolute Gasteiger partial charge is 0.416 e. The number of nitrogens with one attached hydrogen (secondary N) is 3. The van der Waals surface area contributed by atoms with Crippen LogP contribution in [0.3, 0.4) is 0 Å². The molecule has 0 unspecified atom stereocenters. The normalized spacial score (nSPS) is 11.4. The third-order valence-corrected chi connectivity index (χ3v) is 5.01. The Labute approximate surface area is 172 Å². The lowest BCUT2D eigenvalue weighted by molar-refractivity contribution is -0.137. The van der Waals surface area contributed by atoms with E-state index in [4.69, 9.17) is 0 Å². The van der Waals surface area contributed by atoms with Crippen LogP contribution >= 0.6 is 11.8 Å². The number of aromatic amines is 1. The van der Waals surface area contributed by atoms with Crippen molar-refractivity contribution in [2.75, 3.05) is 10.6 Å². The van der Waals surface area contributed by atoms with Crippen LogP contribution in [0.2, 0.25) is 0 Å². The number of fused-ring (bicyclic) bond motifs is 1. The Hall–Kier alpha value is -3.60. The van der Waals surface area contributed by atoms with Gasteiger partial charge in [0.05, 0.1) is 17.1 Å². The van der Waals surface area contributed by atoms with Crippen molar-refractivity contribution in [3.05, 3.63) is 66.6 Å². The second-order valence-electron chi connectivity index (χ2n) is 6.10. The molecule has 11 heteroatoms. The van der Waals surface area contributed by atoms with E-state index >= 15 is 0 Å². The van der Waals surface area contributed by atoms with Crippen molar-refractivity contribution in [3.8, 4) is 0 Å². The fraction of sp³-hybridized carbons (Fsp3) is 0.0526. The molecule has 0 saturated heterocycles. The SMILES string of the molecule is O=C(Nc1ccc(Sc2ncnc3[nH]ncc23)cc1)Nc1cccc(C(F)(F)F)c1. The average molecular weight is 430 g/mol. The molecule has 7 nitrogen and oxygen atoms in total. The maximum absolute atomic E-state index is 12.8. The zero-order valence-electron chi connectivity index (χ0n) is 15.1. The van der Waals surface area contributed by atoms with Gasteiger partial charge in [-0.2, -0.15) is 18.3 Å². The van der Waals surface area contributed by atoms with E-state index in [9.17, 15) is 18.0 Å². The number of carbonyl (C=O) groups is 1. The van der Waals surface area contributed by atoms with E-state index < -0.39 is 17.8 Å². The number of alkyl halides is 3. The molecule has 2 heterocycles. The number of hydrogen-bond donors (Lipinski definition) is 3. The standard InChI is InChI=1S/C19H13F3N6OS/c20-19(21,22)11-2-1-3-13(8-11)27-18(29)26-12-4-6-14(7-5-12)30-17-15-9-25-28-16(15)23-10-24-17/h1-10H,(H2,26,27,29)(H,23,24,25,28). The Bertz CT molecular complexity index is 1190. The number of benzene rings is 2. The molecule has 0 radical (unpaired) electrons. The van der Waals surface area contributed by atoms with Gasteiger partial charge in [0.2, 0.25) is 0 Å². The molecular weight excluding hydrogens is 417 g/mol. The first-order valence-electron chi connectivity index (χ1n) is 8.56. The number of urea groups is 1. The highest BCUT2D eigenvalue weighted by molar-refractivity contribution is 7.99. The number of rotatable bonds is 4. The van der Waals surface area contributed by atoms with Gasteiger partial charge in [-0.05, 0) is 42.5 Å². The smallest absolute Gasteiger partial charge is 0.308 e. The number of nitrogens with zero attached hydrogens (tertiary/aromatic N) is 3. The van der Waals surface area contributed by atoms with Crippen LogP contribution in [0.4, 0.5) is 29.3 Å². The van der Waals surface area contributed by atoms with Gasteiger partial charge in [0.15, 0.2) is 5.65 Å². The van der Waals surface area contributed by atoms with Crippen LogP contribution in [0.25, 0.3) is 11.0 Å². The fourth-order valence-electron chi connectivity index (χ4n) is 2.61. The Balaban J connectivity index is 1.40. The first-order chi connectivity index (χ1) is 14.4. The van der Waals surface area contributed by atoms with Gasteiger partial charge in [-0.1, -0.05) is 17.8 Å². The first-order valence-corrected chi connectivity index (χ1v) is 9.37. The van der Waals surface area contributed by atoms with Crippen LogP contribution in [0.15, 0.2) is 71.0 Å². The predicted octanol–water partition coefficient (Wildman–Crippen LogP) is 5.17. The number of aromatic nitrogens is 4. The number of H-pyrrole nitrogens is 1. The van der Waals surface area contributed by atoms with Crippen molar-refractivity contribution >= 4 is 40.2 Å². The summed E-state index contributed by atoms with van der Waals surface area (Å²) in [6, 6.07) is 10.7. The molecule has 3 N–H and O–H groups in total. The van der Waals surface area contributed by atoms with Crippen LogP contribution < -0.4 is 10.6 Å². The monoisotopic (exact) mass is 430 g/mol. The maximum atomic E-state index is 12.8. The minimum Gasteiger partial charge on any atom is -0.308 e. The molecule has 0 atom stereocenters. The Kier molecular flexibility index (Phi) is 5.27. The molecule has 0 bridgehead atoms. The summed E-state index contributed by atoms with van der Waals surface area (Å²) >= 11 is 1.41. The highest BCUT2D eigenvalue weighted by Crippen LogP contribution is 2.32. The molecule has 0 saturated carbocycles. The molecule has 30 heavy (non-hydrogen) atoms. The minimum atomic E-state index is -4.48. The Morgan fingerprint density at radius 1 is 1.00 bits per heavy atom. The van der Waals surface area contributed by atoms with Crippen molar-refractivity contribution < 1.29 is 18.0 Å². The average Bonchev–Trinajstić information content (AvgIpc) is 3.19.